The van der Waals surface area contributed by atoms with E-state index in [-0.39, 0.29) is 12.2 Å². The number of benzene rings is 1. The number of hydrogen-bond acceptors (Lipinski definition) is 5. The van der Waals surface area contributed by atoms with Gasteiger partial charge in [-0.25, -0.2) is 0 Å². The van der Waals surface area contributed by atoms with Crippen LogP contribution in [0.15, 0.2) is 12.1 Å². The van der Waals surface area contributed by atoms with Crippen molar-refractivity contribution in [2.45, 2.75) is 50.7 Å². The Balaban J connectivity index is 1.74. The Morgan fingerprint density at radius 1 is 1.13 bits per heavy atom. The summed E-state index contributed by atoms with van der Waals surface area (Å²) in [4.78, 5) is 0. The highest BCUT2D eigenvalue weighted by molar-refractivity contribution is 5.75. The highest BCUT2D eigenvalue weighted by atomic mass is 16.5. The average Bonchev–Trinajstić information content (AvgIpc) is 3.17. The molecule has 3 heterocycles. The van der Waals surface area contributed by atoms with Gasteiger partial charge in [-0.2, -0.15) is 0 Å². The van der Waals surface area contributed by atoms with E-state index < -0.39 is 0 Å². The van der Waals surface area contributed by atoms with E-state index in [4.69, 9.17) is 10.5 Å². The van der Waals surface area contributed by atoms with Gasteiger partial charge in [0.25, 0.3) is 0 Å². The maximum absolute atomic E-state index is 10.8. The molecule has 2 bridgehead atoms. The summed E-state index contributed by atoms with van der Waals surface area (Å²) in [5.41, 5.74) is 12.0. The molecular weight excluding hydrogens is 290 g/mol. The molecule has 1 aromatic heterocycles. The number of fused-ring (bicyclic) bond motifs is 5. The van der Waals surface area contributed by atoms with Gasteiger partial charge in [0.1, 0.15) is 17.3 Å². The molecule has 5 rings (SSSR count). The molecule has 0 radical (unpaired) electrons. The van der Waals surface area contributed by atoms with Gasteiger partial charge in [0.05, 0.1) is 12.2 Å². The normalized spacial score (nSPS) is 24.5. The monoisotopic (exact) mass is 309 g/mol. The van der Waals surface area contributed by atoms with Gasteiger partial charge in [-0.15, -0.1) is 10.2 Å². The quantitative estimate of drug-likeness (QED) is 0.846. The van der Waals surface area contributed by atoms with E-state index in [1.165, 1.54) is 5.56 Å². The largest absolute Gasteiger partial charge is 0.507 e. The summed E-state index contributed by atoms with van der Waals surface area (Å²) in [5.74, 6) is 0.867. The number of phenolic OH excluding ortho intramolecular Hbond substituents is 1. The maximum Gasteiger partial charge on any atom is 0.149 e. The second-order valence-corrected chi connectivity index (χ2v) is 6.81. The first-order valence-electron chi connectivity index (χ1n) is 8.37. The number of hydrogen-bond donors (Lipinski definition) is 2. The fourth-order valence-corrected chi connectivity index (χ4v) is 4.39. The number of ether oxygens (including phenoxy) is 1. The summed E-state index contributed by atoms with van der Waals surface area (Å²) in [5, 5.41) is 19.3. The topological polar surface area (TPSA) is 81.3 Å². The molecule has 5 heteroatoms. The molecule has 2 aromatic rings. The summed E-state index contributed by atoms with van der Waals surface area (Å²) < 4.78 is 6.07. The third-order valence-corrected chi connectivity index (χ3v) is 5.52. The van der Waals surface area contributed by atoms with Gasteiger partial charge >= 0.3 is 0 Å². The molecule has 0 amide bonds. The van der Waals surface area contributed by atoms with Gasteiger partial charge in [-0.1, -0.05) is 6.07 Å². The molecule has 2 aliphatic heterocycles. The first-order valence-corrected chi connectivity index (χ1v) is 8.37. The molecule has 118 valence electrons. The number of anilines is 1. The van der Waals surface area contributed by atoms with Gasteiger partial charge in [-0.3, -0.25) is 0 Å². The van der Waals surface area contributed by atoms with Crippen LogP contribution in [0.3, 0.4) is 0 Å². The molecule has 1 saturated heterocycles. The second kappa shape index (κ2) is 4.68. The molecule has 5 nitrogen and oxygen atoms in total. The lowest BCUT2D eigenvalue weighted by molar-refractivity contribution is 0.0325. The average molecular weight is 309 g/mol. The zero-order valence-corrected chi connectivity index (χ0v) is 12.9. The fourth-order valence-electron chi connectivity index (χ4n) is 4.39. The predicted molar refractivity (Wildman–Crippen MR) is 86.1 cm³/mol. The number of aryl methyl sites for hydroxylation is 1. The summed E-state index contributed by atoms with van der Waals surface area (Å²) in [6.07, 6.45) is 6.20. The molecular formula is C18H19N3O2. The first-order chi connectivity index (χ1) is 11.2. The maximum atomic E-state index is 10.8. The summed E-state index contributed by atoms with van der Waals surface area (Å²) in [7, 11) is 0. The number of phenols is 1. The highest BCUT2D eigenvalue weighted by Gasteiger charge is 2.38. The van der Waals surface area contributed by atoms with Crippen molar-refractivity contribution < 1.29 is 9.84 Å². The second-order valence-electron chi connectivity index (χ2n) is 6.81. The van der Waals surface area contributed by atoms with Gasteiger partial charge < -0.3 is 15.6 Å². The van der Waals surface area contributed by atoms with Crippen molar-refractivity contribution in [1.82, 2.24) is 10.2 Å². The van der Waals surface area contributed by atoms with Crippen molar-refractivity contribution in [2.24, 2.45) is 0 Å². The lowest BCUT2D eigenvalue weighted by Crippen LogP contribution is -2.21. The SMILES string of the molecule is Nc1nnc(-c2ccc3c(c2O)CCC3)c2c1CC1CCC2O1. The van der Waals surface area contributed by atoms with E-state index in [1.807, 2.05) is 6.07 Å². The Morgan fingerprint density at radius 2 is 2.04 bits per heavy atom. The van der Waals surface area contributed by atoms with Gasteiger partial charge in [0, 0.05) is 23.1 Å². The number of aromatic hydroxyl groups is 1. The van der Waals surface area contributed by atoms with Gasteiger partial charge in [0.15, 0.2) is 0 Å². The zero-order valence-electron chi connectivity index (χ0n) is 12.9. The van der Waals surface area contributed by atoms with Crippen LogP contribution in [0.5, 0.6) is 5.75 Å². The van der Waals surface area contributed by atoms with Crippen LogP contribution in [-0.2, 0) is 24.0 Å². The number of nitrogens with two attached hydrogens (primary N) is 1. The molecule has 2 atom stereocenters. The Bertz CT molecular complexity index is 818. The Hall–Kier alpha value is -2.14. The van der Waals surface area contributed by atoms with Crippen LogP contribution in [0, 0.1) is 0 Å². The Kier molecular flexibility index (Phi) is 2.71. The van der Waals surface area contributed by atoms with Crippen molar-refractivity contribution >= 4 is 5.82 Å². The van der Waals surface area contributed by atoms with Gasteiger partial charge in [0.2, 0.25) is 0 Å². The van der Waals surface area contributed by atoms with Crippen molar-refractivity contribution in [3.63, 3.8) is 0 Å². The molecule has 1 aromatic carbocycles. The number of rotatable bonds is 1. The van der Waals surface area contributed by atoms with E-state index in [2.05, 4.69) is 16.3 Å². The van der Waals surface area contributed by atoms with E-state index in [0.717, 1.165) is 66.5 Å². The minimum atomic E-state index is 0.0317. The summed E-state index contributed by atoms with van der Waals surface area (Å²) in [6, 6.07) is 4.09. The van der Waals surface area contributed by atoms with E-state index in [9.17, 15) is 5.11 Å². The van der Waals surface area contributed by atoms with Crippen LogP contribution >= 0.6 is 0 Å². The number of aromatic nitrogens is 2. The number of nitrogens with zero attached hydrogens (tertiary/aromatic N) is 2. The minimum absolute atomic E-state index is 0.0317. The summed E-state index contributed by atoms with van der Waals surface area (Å²) in [6.45, 7) is 0. The van der Waals surface area contributed by atoms with Crippen molar-refractivity contribution in [3.05, 3.63) is 34.4 Å². The molecule has 1 aliphatic carbocycles. The first kappa shape index (κ1) is 13.3. The molecule has 2 unspecified atom stereocenters. The number of nitrogen functional groups attached to an aromatic ring is 1. The van der Waals surface area contributed by atoms with Crippen LogP contribution in [0.2, 0.25) is 0 Å². The van der Waals surface area contributed by atoms with Crippen molar-refractivity contribution in [2.75, 3.05) is 5.73 Å². The van der Waals surface area contributed by atoms with Crippen LogP contribution < -0.4 is 5.73 Å². The lowest BCUT2D eigenvalue weighted by atomic mass is 9.92. The smallest absolute Gasteiger partial charge is 0.149 e. The van der Waals surface area contributed by atoms with Crippen molar-refractivity contribution in [1.29, 1.82) is 0 Å². The van der Waals surface area contributed by atoms with Crippen LogP contribution in [0.25, 0.3) is 11.3 Å². The molecule has 3 N–H and O–H groups in total. The van der Waals surface area contributed by atoms with E-state index >= 15 is 0 Å². The Labute approximate surface area is 134 Å². The molecule has 1 fully saturated rings. The van der Waals surface area contributed by atoms with E-state index in [1.54, 1.807) is 0 Å². The van der Waals surface area contributed by atoms with Gasteiger partial charge in [-0.05, 0) is 49.3 Å². The fraction of sp³-hybridized carbons (Fsp3) is 0.444. The van der Waals surface area contributed by atoms with Crippen LogP contribution in [0.1, 0.15) is 47.6 Å². The molecule has 3 aliphatic rings. The third-order valence-electron chi connectivity index (χ3n) is 5.52. The summed E-state index contributed by atoms with van der Waals surface area (Å²) >= 11 is 0. The van der Waals surface area contributed by atoms with E-state index in [0.29, 0.717) is 11.6 Å². The minimum Gasteiger partial charge on any atom is -0.507 e. The zero-order chi connectivity index (χ0) is 15.6. The molecule has 23 heavy (non-hydrogen) atoms. The lowest BCUT2D eigenvalue weighted by Gasteiger charge is -2.26. The van der Waals surface area contributed by atoms with Crippen molar-refractivity contribution in [3.8, 4) is 17.0 Å². The standard InChI is InChI=1S/C18H19N3O2/c19-18-13-8-10-5-7-14(23-10)15(13)16(20-21-18)12-6-4-9-2-1-3-11(9)17(12)22/h4,6,10,14,22H,1-3,5,7-8H2,(H2,19,21). The highest BCUT2D eigenvalue weighted by Crippen LogP contribution is 2.48. The van der Waals surface area contributed by atoms with Crippen LogP contribution in [0.4, 0.5) is 5.82 Å². The molecule has 0 spiro atoms. The predicted octanol–water partition coefficient (Wildman–Crippen LogP) is 2.70. The molecule has 0 saturated carbocycles. The third kappa shape index (κ3) is 1.83. The Morgan fingerprint density at radius 3 is 2.96 bits per heavy atom. The van der Waals surface area contributed by atoms with Crippen LogP contribution in [-0.4, -0.2) is 21.4 Å².